The van der Waals surface area contributed by atoms with E-state index in [9.17, 15) is 5.11 Å². The number of aliphatic hydroxyl groups is 1. The van der Waals surface area contributed by atoms with Crippen LogP contribution in [-0.2, 0) is 0 Å². The van der Waals surface area contributed by atoms with Gasteiger partial charge in [0.2, 0.25) is 0 Å². The zero-order chi connectivity index (χ0) is 11.5. The summed E-state index contributed by atoms with van der Waals surface area (Å²) in [5, 5.41) is 10.0. The Balaban J connectivity index is 2.14. The van der Waals surface area contributed by atoms with Crippen LogP contribution in [-0.4, -0.2) is 11.2 Å². The second-order valence-electron chi connectivity index (χ2n) is 5.28. The summed E-state index contributed by atoms with van der Waals surface area (Å²) in [4.78, 5) is 0. The first-order chi connectivity index (χ1) is 7.68. The van der Waals surface area contributed by atoms with E-state index in [0.29, 0.717) is 11.8 Å². The summed E-state index contributed by atoms with van der Waals surface area (Å²) in [6, 6.07) is 8.83. The lowest BCUT2D eigenvalue weighted by Gasteiger charge is -2.28. The summed E-state index contributed by atoms with van der Waals surface area (Å²) in [7, 11) is 0. The van der Waals surface area contributed by atoms with Gasteiger partial charge in [0.15, 0.2) is 0 Å². The van der Waals surface area contributed by atoms with Crippen LogP contribution in [0.15, 0.2) is 24.3 Å². The van der Waals surface area contributed by atoms with E-state index in [-0.39, 0.29) is 6.10 Å². The minimum absolute atomic E-state index is 0.126. The highest BCUT2D eigenvalue weighted by molar-refractivity contribution is 5.28. The molecule has 16 heavy (non-hydrogen) atoms. The Kier molecular flexibility index (Phi) is 3.65. The van der Waals surface area contributed by atoms with Crippen molar-refractivity contribution in [3.63, 3.8) is 0 Å². The van der Waals surface area contributed by atoms with Crippen LogP contribution in [0.4, 0.5) is 0 Å². The molecule has 0 amide bonds. The molecule has 0 bridgehead atoms. The summed E-state index contributed by atoms with van der Waals surface area (Å²) in [5.41, 5.74) is 2.70. The second-order valence-corrected chi connectivity index (χ2v) is 5.28. The van der Waals surface area contributed by atoms with Crippen molar-refractivity contribution in [3.05, 3.63) is 35.4 Å². The van der Waals surface area contributed by atoms with E-state index in [1.54, 1.807) is 0 Å². The zero-order valence-corrected chi connectivity index (χ0v) is 10.3. The number of rotatable bonds is 2. The highest BCUT2D eigenvalue weighted by Crippen LogP contribution is 2.33. The molecule has 0 aliphatic heterocycles. The molecule has 1 N–H and O–H groups in total. The van der Waals surface area contributed by atoms with Crippen LogP contribution >= 0.6 is 0 Å². The van der Waals surface area contributed by atoms with Gasteiger partial charge in [-0.3, -0.25) is 0 Å². The minimum Gasteiger partial charge on any atom is -0.392 e. The van der Waals surface area contributed by atoms with Gasteiger partial charge in [0.25, 0.3) is 0 Å². The molecule has 2 rings (SSSR count). The van der Waals surface area contributed by atoms with Gasteiger partial charge in [-0.25, -0.2) is 0 Å². The molecule has 1 aliphatic rings. The van der Waals surface area contributed by atoms with E-state index in [1.807, 2.05) is 0 Å². The van der Waals surface area contributed by atoms with Gasteiger partial charge >= 0.3 is 0 Å². The summed E-state index contributed by atoms with van der Waals surface area (Å²) in [5.74, 6) is 0.959. The third-order valence-corrected chi connectivity index (χ3v) is 3.76. The smallest absolute Gasteiger partial charge is 0.0608 e. The molecular formula is C15H22O. The molecule has 0 heterocycles. The van der Waals surface area contributed by atoms with Gasteiger partial charge in [-0.15, -0.1) is 0 Å². The van der Waals surface area contributed by atoms with E-state index in [2.05, 4.69) is 38.1 Å². The van der Waals surface area contributed by atoms with Crippen molar-refractivity contribution >= 4 is 0 Å². The Morgan fingerprint density at radius 1 is 1.06 bits per heavy atom. The first-order valence-corrected chi connectivity index (χ1v) is 6.46. The lowest BCUT2D eigenvalue weighted by Crippen LogP contribution is -2.22. The van der Waals surface area contributed by atoms with Crippen molar-refractivity contribution in [2.45, 2.75) is 57.5 Å². The van der Waals surface area contributed by atoms with E-state index in [0.717, 1.165) is 12.8 Å². The monoisotopic (exact) mass is 218 g/mol. The zero-order valence-electron chi connectivity index (χ0n) is 10.3. The van der Waals surface area contributed by atoms with E-state index < -0.39 is 0 Å². The number of hydrogen-bond donors (Lipinski definition) is 1. The van der Waals surface area contributed by atoms with Gasteiger partial charge in [-0.05, 0) is 29.9 Å². The van der Waals surface area contributed by atoms with Crippen molar-refractivity contribution in [1.82, 2.24) is 0 Å². The second kappa shape index (κ2) is 5.01. The molecule has 1 aromatic rings. The molecule has 1 heteroatoms. The predicted octanol–water partition coefficient (Wildman–Crippen LogP) is 3.83. The SMILES string of the molecule is CC(C)c1ccc([C@@H]2CCCC[C@H]2O)cc1. The molecule has 1 aromatic carbocycles. The van der Waals surface area contributed by atoms with Crippen LogP contribution in [0.3, 0.4) is 0 Å². The van der Waals surface area contributed by atoms with Crippen LogP contribution in [0.25, 0.3) is 0 Å². The van der Waals surface area contributed by atoms with Crippen LogP contribution in [0.2, 0.25) is 0 Å². The summed E-state index contributed by atoms with van der Waals surface area (Å²) in [6.45, 7) is 4.43. The standard InChI is InChI=1S/C15H22O/c1-11(2)12-7-9-13(10-8-12)14-5-3-4-6-15(14)16/h7-11,14-16H,3-6H2,1-2H3/t14-,15+/m0/s1. The van der Waals surface area contributed by atoms with Crippen LogP contribution in [0.5, 0.6) is 0 Å². The molecule has 0 radical (unpaired) electrons. The average molecular weight is 218 g/mol. The molecular weight excluding hydrogens is 196 g/mol. The van der Waals surface area contributed by atoms with Gasteiger partial charge < -0.3 is 5.11 Å². The predicted molar refractivity (Wildman–Crippen MR) is 67.7 cm³/mol. The molecule has 1 nitrogen and oxygen atoms in total. The maximum atomic E-state index is 10.0. The van der Waals surface area contributed by atoms with Crippen LogP contribution < -0.4 is 0 Å². The number of hydrogen-bond acceptors (Lipinski definition) is 1. The molecule has 1 aliphatic carbocycles. The highest BCUT2D eigenvalue weighted by atomic mass is 16.3. The largest absolute Gasteiger partial charge is 0.392 e. The molecule has 0 aromatic heterocycles. The highest BCUT2D eigenvalue weighted by Gasteiger charge is 2.24. The Morgan fingerprint density at radius 2 is 1.69 bits per heavy atom. The van der Waals surface area contributed by atoms with Crippen molar-refractivity contribution in [3.8, 4) is 0 Å². The third kappa shape index (κ3) is 2.46. The normalized spacial score (nSPS) is 26.0. The van der Waals surface area contributed by atoms with Crippen molar-refractivity contribution in [2.24, 2.45) is 0 Å². The van der Waals surface area contributed by atoms with Gasteiger partial charge in [-0.2, -0.15) is 0 Å². The van der Waals surface area contributed by atoms with Crippen molar-refractivity contribution in [2.75, 3.05) is 0 Å². The number of aliphatic hydroxyl groups excluding tert-OH is 1. The minimum atomic E-state index is -0.126. The molecule has 1 saturated carbocycles. The molecule has 0 spiro atoms. The molecule has 0 saturated heterocycles. The van der Waals surface area contributed by atoms with Gasteiger partial charge in [0.1, 0.15) is 0 Å². The maximum absolute atomic E-state index is 10.0. The fourth-order valence-corrected chi connectivity index (χ4v) is 2.63. The molecule has 2 atom stereocenters. The van der Waals surface area contributed by atoms with Crippen LogP contribution in [0, 0.1) is 0 Å². The Morgan fingerprint density at radius 3 is 2.25 bits per heavy atom. The first kappa shape index (κ1) is 11.7. The Hall–Kier alpha value is -0.820. The van der Waals surface area contributed by atoms with Crippen molar-refractivity contribution in [1.29, 1.82) is 0 Å². The lowest BCUT2D eigenvalue weighted by molar-refractivity contribution is 0.106. The van der Waals surface area contributed by atoms with Gasteiger partial charge in [-0.1, -0.05) is 51.0 Å². The van der Waals surface area contributed by atoms with E-state index in [4.69, 9.17) is 0 Å². The fourth-order valence-electron chi connectivity index (χ4n) is 2.63. The topological polar surface area (TPSA) is 20.2 Å². The number of benzene rings is 1. The molecule has 88 valence electrons. The van der Waals surface area contributed by atoms with Crippen LogP contribution in [0.1, 0.15) is 62.5 Å². The van der Waals surface area contributed by atoms with Gasteiger partial charge in [0, 0.05) is 5.92 Å². The Labute approximate surface area is 98.5 Å². The summed E-state index contributed by atoms with van der Waals surface area (Å²) in [6.07, 6.45) is 4.42. The first-order valence-electron chi connectivity index (χ1n) is 6.46. The van der Waals surface area contributed by atoms with Crippen molar-refractivity contribution < 1.29 is 5.11 Å². The summed E-state index contributed by atoms with van der Waals surface area (Å²) >= 11 is 0. The van der Waals surface area contributed by atoms with Gasteiger partial charge in [0.05, 0.1) is 6.10 Å². The molecule has 0 unspecified atom stereocenters. The fraction of sp³-hybridized carbons (Fsp3) is 0.600. The van der Waals surface area contributed by atoms with E-state index in [1.165, 1.54) is 24.0 Å². The average Bonchev–Trinajstić information content (AvgIpc) is 2.30. The Bertz CT molecular complexity index is 326. The summed E-state index contributed by atoms with van der Waals surface area (Å²) < 4.78 is 0. The third-order valence-electron chi connectivity index (χ3n) is 3.76. The maximum Gasteiger partial charge on any atom is 0.0608 e. The quantitative estimate of drug-likeness (QED) is 0.800. The lowest BCUT2D eigenvalue weighted by atomic mass is 9.81. The molecule has 1 fully saturated rings. The van der Waals surface area contributed by atoms with E-state index >= 15 is 0 Å².